The number of aryl methyl sites for hydroxylation is 1. The third kappa shape index (κ3) is 3.22. The van der Waals surface area contributed by atoms with Crippen LogP contribution in [0.1, 0.15) is 24.4 Å². The van der Waals surface area contributed by atoms with Crippen molar-refractivity contribution in [3.63, 3.8) is 0 Å². The molecule has 1 aromatic heterocycles. The lowest BCUT2D eigenvalue weighted by molar-refractivity contribution is 0.810. The molecule has 4 heteroatoms. The molecule has 19 heavy (non-hydrogen) atoms. The van der Waals surface area contributed by atoms with Gasteiger partial charge in [0.1, 0.15) is 0 Å². The Bertz CT molecular complexity index is 534. The molecule has 1 unspecified atom stereocenters. The second-order valence-corrected chi connectivity index (χ2v) is 4.83. The van der Waals surface area contributed by atoms with E-state index in [2.05, 4.69) is 51.4 Å². The Morgan fingerprint density at radius 3 is 2.26 bits per heavy atom. The van der Waals surface area contributed by atoms with Crippen LogP contribution < -0.4 is 10.2 Å². The monoisotopic (exact) mass is 256 g/mol. The minimum Gasteiger partial charge on any atom is -0.378 e. The molecule has 1 N–H and O–H groups in total. The minimum atomic E-state index is 0.138. The molecule has 0 bridgehead atoms. The molecule has 4 nitrogen and oxygen atoms in total. The summed E-state index contributed by atoms with van der Waals surface area (Å²) in [5.74, 6) is 0. The summed E-state index contributed by atoms with van der Waals surface area (Å²) < 4.78 is 0. The van der Waals surface area contributed by atoms with Crippen LogP contribution in [0.25, 0.3) is 0 Å². The second kappa shape index (κ2) is 5.69. The zero-order valence-corrected chi connectivity index (χ0v) is 11.9. The third-order valence-corrected chi connectivity index (χ3v) is 3.10. The van der Waals surface area contributed by atoms with Crippen LogP contribution in [0.2, 0.25) is 0 Å². The van der Waals surface area contributed by atoms with Crippen LogP contribution >= 0.6 is 0 Å². The minimum absolute atomic E-state index is 0.138. The zero-order valence-electron chi connectivity index (χ0n) is 11.9. The van der Waals surface area contributed by atoms with Crippen molar-refractivity contribution < 1.29 is 0 Å². The highest BCUT2D eigenvalue weighted by Gasteiger charge is 2.10. The van der Waals surface area contributed by atoms with E-state index in [9.17, 15) is 0 Å². The number of hydrogen-bond acceptors (Lipinski definition) is 4. The number of nitrogens with zero attached hydrogens (tertiary/aromatic N) is 3. The van der Waals surface area contributed by atoms with Crippen molar-refractivity contribution in [2.75, 3.05) is 24.3 Å². The zero-order chi connectivity index (χ0) is 13.8. The van der Waals surface area contributed by atoms with Gasteiger partial charge < -0.3 is 10.2 Å². The molecule has 2 rings (SSSR count). The molecular weight excluding hydrogens is 236 g/mol. The summed E-state index contributed by atoms with van der Waals surface area (Å²) in [7, 11) is 4.07. The maximum absolute atomic E-state index is 4.39. The molecule has 1 heterocycles. The van der Waals surface area contributed by atoms with Gasteiger partial charge in [0.05, 0.1) is 17.4 Å². The van der Waals surface area contributed by atoms with Crippen LogP contribution in [0.5, 0.6) is 0 Å². The highest BCUT2D eigenvalue weighted by Crippen LogP contribution is 2.21. The lowest BCUT2D eigenvalue weighted by Crippen LogP contribution is -2.11. The summed E-state index contributed by atoms with van der Waals surface area (Å²) in [6.07, 6.45) is 3.45. The van der Waals surface area contributed by atoms with Crippen molar-refractivity contribution in [3.8, 4) is 0 Å². The summed E-state index contributed by atoms with van der Waals surface area (Å²) in [6, 6.07) is 8.49. The van der Waals surface area contributed by atoms with Gasteiger partial charge in [-0.1, -0.05) is 0 Å². The molecule has 0 fully saturated rings. The van der Waals surface area contributed by atoms with Crippen molar-refractivity contribution in [3.05, 3.63) is 48.0 Å². The average Bonchev–Trinajstić information content (AvgIpc) is 2.39. The quantitative estimate of drug-likeness (QED) is 0.913. The number of anilines is 2. The summed E-state index contributed by atoms with van der Waals surface area (Å²) in [4.78, 5) is 10.7. The van der Waals surface area contributed by atoms with Gasteiger partial charge in [-0.15, -0.1) is 0 Å². The maximum Gasteiger partial charge on any atom is 0.0835 e. The molecule has 1 aromatic carbocycles. The van der Waals surface area contributed by atoms with Crippen molar-refractivity contribution in [2.45, 2.75) is 19.9 Å². The number of rotatable bonds is 4. The van der Waals surface area contributed by atoms with E-state index >= 15 is 0 Å². The number of hydrogen-bond donors (Lipinski definition) is 1. The molecule has 0 aliphatic heterocycles. The van der Waals surface area contributed by atoms with E-state index < -0.39 is 0 Å². The van der Waals surface area contributed by atoms with Gasteiger partial charge >= 0.3 is 0 Å². The van der Waals surface area contributed by atoms with Crippen LogP contribution in [-0.4, -0.2) is 24.1 Å². The molecule has 0 saturated carbocycles. The predicted molar refractivity (Wildman–Crippen MR) is 79.6 cm³/mol. The molecule has 0 spiro atoms. The molecule has 1 atom stereocenters. The van der Waals surface area contributed by atoms with Crippen molar-refractivity contribution in [1.29, 1.82) is 0 Å². The maximum atomic E-state index is 4.39. The highest BCUT2D eigenvalue weighted by molar-refractivity contribution is 5.55. The number of aromatic nitrogens is 2. The van der Waals surface area contributed by atoms with E-state index in [1.165, 1.54) is 5.69 Å². The highest BCUT2D eigenvalue weighted by atomic mass is 15.1. The van der Waals surface area contributed by atoms with Crippen LogP contribution in [0, 0.1) is 6.92 Å². The number of benzene rings is 1. The fourth-order valence-corrected chi connectivity index (χ4v) is 2.02. The van der Waals surface area contributed by atoms with Crippen LogP contribution in [0.3, 0.4) is 0 Å². The molecule has 0 amide bonds. The van der Waals surface area contributed by atoms with Gasteiger partial charge in [0.25, 0.3) is 0 Å². The van der Waals surface area contributed by atoms with Crippen molar-refractivity contribution in [2.24, 2.45) is 0 Å². The Balaban J connectivity index is 2.11. The Morgan fingerprint density at radius 1 is 1.05 bits per heavy atom. The largest absolute Gasteiger partial charge is 0.378 e. The summed E-state index contributed by atoms with van der Waals surface area (Å²) >= 11 is 0. The third-order valence-electron chi connectivity index (χ3n) is 3.10. The van der Waals surface area contributed by atoms with Crippen LogP contribution in [-0.2, 0) is 0 Å². The normalized spacial score (nSPS) is 12.0. The summed E-state index contributed by atoms with van der Waals surface area (Å²) in [5, 5.41) is 3.44. The van der Waals surface area contributed by atoms with Crippen molar-refractivity contribution in [1.82, 2.24) is 9.97 Å². The van der Waals surface area contributed by atoms with Crippen molar-refractivity contribution >= 4 is 11.4 Å². The molecule has 0 saturated heterocycles. The predicted octanol–water partition coefficient (Wildman–Crippen LogP) is 3.02. The van der Waals surface area contributed by atoms with Gasteiger partial charge in [-0.05, 0) is 38.1 Å². The van der Waals surface area contributed by atoms with Gasteiger partial charge in [-0.2, -0.15) is 0 Å². The first kappa shape index (κ1) is 13.3. The molecule has 0 aliphatic carbocycles. The Kier molecular flexibility index (Phi) is 4.00. The SMILES string of the molecule is Cc1nccnc1C(C)Nc1ccc(N(C)C)cc1. The van der Waals surface area contributed by atoms with Crippen LogP contribution in [0.15, 0.2) is 36.7 Å². The standard InChI is InChI=1S/C15H20N4/c1-11-15(17-10-9-16-11)12(2)18-13-5-7-14(8-6-13)19(3)4/h5-10,12,18H,1-4H3. The van der Waals surface area contributed by atoms with Gasteiger partial charge in [0, 0.05) is 37.9 Å². The lowest BCUT2D eigenvalue weighted by atomic mass is 10.1. The van der Waals surface area contributed by atoms with Gasteiger partial charge in [-0.3, -0.25) is 9.97 Å². The second-order valence-electron chi connectivity index (χ2n) is 4.83. The summed E-state index contributed by atoms with van der Waals surface area (Å²) in [6.45, 7) is 4.08. The van der Waals surface area contributed by atoms with Gasteiger partial charge in [0.15, 0.2) is 0 Å². The lowest BCUT2D eigenvalue weighted by Gasteiger charge is -2.17. The van der Waals surface area contributed by atoms with Gasteiger partial charge in [-0.25, -0.2) is 0 Å². The topological polar surface area (TPSA) is 41.1 Å². The smallest absolute Gasteiger partial charge is 0.0835 e. The van der Waals surface area contributed by atoms with E-state index in [4.69, 9.17) is 0 Å². The first-order valence-corrected chi connectivity index (χ1v) is 6.39. The molecule has 0 radical (unpaired) electrons. The van der Waals surface area contributed by atoms with Crippen LogP contribution in [0.4, 0.5) is 11.4 Å². The van der Waals surface area contributed by atoms with Gasteiger partial charge in [0.2, 0.25) is 0 Å². The molecule has 100 valence electrons. The van der Waals surface area contributed by atoms with E-state index in [0.717, 1.165) is 17.1 Å². The first-order valence-electron chi connectivity index (χ1n) is 6.39. The Hall–Kier alpha value is -2.10. The fraction of sp³-hybridized carbons (Fsp3) is 0.333. The Morgan fingerprint density at radius 2 is 1.68 bits per heavy atom. The molecular formula is C15H20N4. The number of nitrogens with one attached hydrogen (secondary N) is 1. The first-order chi connectivity index (χ1) is 9.08. The summed E-state index contributed by atoms with van der Waals surface area (Å²) in [5.41, 5.74) is 4.23. The van der Waals surface area contributed by atoms with E-state index in [-0.39, 0.29) is 6.04 Å². The van der Waals surface area contributed by atoms with E-state index in [1.54, 1.807) is 12.4 Å². The molecule has 0 aliphatic rings. The Labute approximate surface area is 114 Å². The average molecular weight is 256 g/mol. The van der Waals surface area contributed by atoms with E-state index in [0.29, 0.717) is 0 Å². The van der Waals surface area contributed by atoms with E-state index in [1.807, 2.05) is 21.0 Å². The molecule has 2 aromatic rings. The fourth-order valence-electron chi connectivity index (χ4n) is 2.02.